The van der Waals surface area contributed by atoms with Gasteiger partial charge in [0.25, 0.3) is 0 Å². The monoisotopic (exact) mass is 430 g/mol. The first kappa shape index (κ1) is 20.5. The minimum Gasteiger partial charge on any atom is -0.339 e. The summed E-state index contributed by atoms with van der Waals surface area (Å²) in [5.41, 5.74) is 2.37. The Bertz CT molecular complexity index is 933. The number of hydrogen-bond acceptors (Lipinski definition) is 3. The summed E-state index contributed by atoms with van der Waals surface area (Å²) in [7, 11) is 0. The van der Waals surface area contributed by atoms with E-state index in [1.165, 1.54) is 16.0 Å². The lowest BCUT2D eigenvalue weighted by Crippen LogP contribution is -2.54. The molecule has 160 valence electrons. The highest BCUT2D eigenvalue weighted by atomic mass is 32.1. The number of benzene rings is 2. The van der Waals surface area contributed by atoms with E-state index in [1.807, 2.05) is 0 Å². The van der Waals surface area contributed by atoms with Crippen LogP contribution in [0.25, 0.3) is 0 Å². The van der Waals surface area contributed by atoms with Crippen molar-refractivity contribution in [3.05, 3.63) is 94.2 Å². The van der Waals surface area contributed by atoms with E-state index in [4.69, 9.17) is 0 Å². The summed E-state index contributed by atoms with van der Waals surface area (Å²) in [6, 6.07) is 26.0. The van der Waals surface area contributed by atoms with Gasteiger partial charge in [-0.1, -0.05) is 79.6 Å². The van der Waals surface area contributed by atoms with Gasteiger partial charge in [-0.3, -0.25) is 9.69 Å². The number of piperazine rings is 1. The highest BCUT2D eigenvalue weighted by molar-refractivity contribution is 7.10. The molecule has 1 aromatic heterocycles. The predicted molar refractivity (Wildman–Crippen MR) is 127 cm³/mol. The molecule has 0 N–H and O–H groups in total. The fourth-order valence-electron chi connectivity index (χ4n) is 5.47. The third kappa shape index (κ3) is 3.95. The van der Waals surface area contributed by atoms with E-state index in [0.29, 0.717) is 5.91 Å². The molecule has 1 saturated carbocycles. The quantitative estimate of drug-likeness (QED) is 0.534. The highest BCUT2D eigenvalue weighted by Gasteiger charge is 2.46. The van der Waals surface area contributed by atoms with Crippen molar-refractivity contribution in [3.63, 3.8) is 0 Å². The van der Waals surface area contributed by atoms with Gasteiger partial charge in [0.05, 0.1) is 11.5 Å². The summed E-state index contributed by atoms with van der Waals surface area (Å²) in [6.45, 7) is 3.42. The molecule has 2 fully saturated rings. The van der Waals surface area contributed by atoms with Crippen LogP contribution < -0.4 is 0 Å². The van der Waals surface area contributed by atoms with Crippen LogP contribution in [0.4, 0.5) is 0 Å². The zero-order chi connectivity index (χ0) is 21.1. The van der Waals surface area contributed by atoms with Crippen LogP contribution in [0, 0.1) is 0 Å². The number of hydrogen-bond donors (Lipinski definition) is 0. The van der Waals surface area contributed by atoms with Gasteiger partial charge in [-0.25, -0.2) is 0 Å². The molecule has 31 heavy (non-hydrogen) atoms. The van der Waals surface area contributed by atoms with Crippen LogP contribution in [0.2, 0.25) is 0 Å². The van der Waals surface area contributed by atoms with Gasteiger partial charge in [0, 0.05) is 31.1 Å². The summed E-state index contributed by atoms with van der Waals surface area (Å²) in [5.74, 6) is 0.364. The van der Waals surface area contributed by atoms with Crippen LogP contribution >= 0.6 is 11.3 Å². The van der Waals surface area contributed by atoms with Crippen LogP contribution in [0.5, 0.6) is 0 Å². The van der Waals surface area contributed by atoms with Gasteiger partial charge in [0.1, 0.15) is 0 Å². The predicted octanol–water partition coefficient (Wildman–Crippen LogP) is 5.49. The first-order valence-electron chi connectivity index (χ1n) is 11.5. The zero-order valence-corrected chi connectivity index (χ0v) is 18.8. The maximum absolute atomic E-state index is 13.8. The molecule has 3 nitrogen and oxygen atoms in total. The lowest BCUT2D eigenvalue weighted by atomic mass is 9.82. The van der Waals surface area contributed by atoms with Gasteiger partial charge in [-0.15, -0.1) is 11.3 Å². The maximum Gasteiger partial charge on any atom is 0.234 e. The Morgan fingerprint density at radius 2 is 1.35 bits per heavy atom. The maximum atomic E-state index is 13.8. The smallest absolute Gasteiger partial charge is 0.234 e. The van der Waals surface area contributed by atoms with Crippen LogP contribution in [-0.4, -0.2) is 41.9 Å². The molecule has 5 rings (SSSR count). The molecule has 1 saturated heterocycles. The van der Waals surface area contributed by atoms with Crippen molar-refractivity contribution in [1.29, 1.82) is 0 Å². The molecular weight excluding hydrogens is 400 g/mol. The minimum absolute atomic E-state index is 0.234. The average molecular weight is 431 g/mol. The number of thiophene rings is 1. The molecule has 0 bridgehead atoms. The second-order valence-corrected chi connectivity index (χ2v) is 9.77. The summed E-state index contributed by atoms with van der Waals surface area (Å²) in [6.07, 6.45) is 4.33. The van der Waals surface area contributed by atoms with Crippen molar-refractivity contribution >= 4 is 17.2 Å². The lowest BCUT2D eigenvalue weighted by molar-refractivity contribution is -0.139. The fraction of sp³-hybridized carbons (Fsp3) is 0.370. The molecule has 1 aliphatic heterocycles. The Kier molecular flexibility index (Phi) is 5.93. The SMILES string of the molecule is O=C(N1CCN(C(c2ccccc2)c2ccccc2)CC1)C1(c2cccs2)CCCC1. The summed E-state index contributed by atoms with van der Waals surface area (Å²) in [5, 5.41) is 2.12. The molecule has 0 radical (unpaired) electrons. The first-order valence-corrected chi connectivity index (χ1v) is 12.3. The molecule has 0 spiro atoms. The van der Waals surface area contributed by atoms with Crippen molar-refractivity contribution < 1.29 is 4.79 Å². The molecule has 2 heterocycles. The summed E-state index contributed by atoms with van der Waals surface area (Å²) < 4.78 is 0. The fourth-order valence-corrected chi connectivity index (χ4v) is 6.44. The van der Waals surface area contributed by atoms with Gasteiger partial charge in [-0.2, -0.15) is 0 Å². The first-order chi connectivity index (χ1) is 15.3. The second kappa shape index (κ2) is 8.97. The largest absolute Gasteiger partial charge is 0.339 e. The lowest BCUT2D eigenvalue weighted by Gasteiger charge is -2.42. The zero-order valence-electron chi connectivity index (χ0n) is 18.0. The number of amides is 1. The van der Waals surface area contributed by atoms with Crippen LogP contribution in [-0.2, 0) is 10.2 Å². The van der Waals surface area contributed by atoms with E-state index in [2.05, 4.69) is 88.0 Å². The third-order valence-electron chi connectivity index (χ3n) is 7.06. The van der Waals surface area contributed by atoms with Gasteiger partial charge in [-0.05, 0) is 35.4 Å². The molecule has 2 aliphatic rings. The van der Waals surface area contributed by atoms with E-state index in [9.17, 15) is 4.79 Å². The molecular formula is C27H30N2OS. The molecule has 1 amide bonds. The Hall–Kier alpha value is -2.43. The van der Waals surface area contributed by atoms with Gasteiger partial charge in [0.2, 0.25) is 5.91 Å². The standard InChI is InChI=1S/C27H30N2OS/c30-26(27(15-7-8-16-27)24-14-9-21-31-24)29-19-17-28(18-20-29)25(22-10-3-1-4-11-22)23-12-5-2-6-13-23/h1-6,9-14,21,25H,7-8,15-20H2. The van der Waals surface area contributed by atoms with Crippen molar-refractivity contribution in [2.24, 2.45) is 0 Å². The normalized spacial score (nSPS) is 19.1. The van der Waals surface area contributed by atoms with Crippen molar-refractivity contribution in [2.75, 3.05) is 26.2 Å². The van der Waals surface area contributed by atoms with E-state index in [0.717, 1.165) is 51.9 Å². The van der Waals surface area contributed by atoms with Gasteiger partial charge < -0.3 is 4.90 Å². The molecule has 3 aromatic rings. The van der Waals surface area contributed by atoms with Crippen molar-refractivity contribution in [2.45, 2.75) is 37.1 Å². The molecule has 0 atom stereocenters. The van der Waals surface area contributed by atoms with E-state index in [-0.39, 0.29) is 11.5 Å². The van der Waals surface area contributed by atoms with Crippen LogP contribution in [0.15, 0.2) is 78.2 Å². The Labute approximate surface area is 189 Å². The molecule has 4 heteroatoms. The van der Waals surface area contributed by atoms with Crippen LogP contribution in [0.3, 0.4) is 0 Å². The number of carbonyl (C=O) groups excluding carboxylic acids is 1. The van der Waals surface area contributed by atoms with E-state index >= 15 is 0 Å². The van der Waals surface area contributed by atoms with Crippen molar-refractivity contribution in [3.8, 4) is 0 Å². The second-order valence-electron chi connectivity index (χ2n) is 8.82. The molecule has 0 unspecified atom stereocenters. The topological polar surface area (TPSA) is 23.6 Å². The van der Waals surface area contributed by atoms with E-state index in [1.54, 1.807) is 11.3 Å². The minimum atomic E-state index is -0.269. The Balaban J connectivity index is 1.35. The third-order valence-corrected chi connectivity index (χ3v) is 8.13. The molecule has 2 aromatic carbocycles. The number of rotatable bonds is 5. The number of nitrogens with zero attached hydrogens (tertiary/aromatic N) is 2. The Morgan fingerprint density at radius 1 is 0.774 bits per heavy atom. The average Bonchev–Trinajstić information content (AvgIpc) is 3.54. The van der Waals surface area contributed by atoms with Crippen LogP contribution in [0.1, 0.15) is 47.7 Å². The number of carbonyl (C=O) groups is 1. The Morgan fingerprint density at radius 3 is 1.87 bits per heavy atom. The molecule has 1 aliphatic carbocycles. The van der Waals surface area contributed by atoms with Gasteiger partial charge in [0.15, 0.2) is 0 Å². The summed E-state index contributed by atoms with van der Waals surface area (Å²) in [4.78, 5) is 19.7. The highest BCUT2D eigenvalue weighted by Crippen LogP contribution is 2.44. The van der Waals surface area contributed by atoms with Gasteiger partial charge >= 0.3 is 0 Å². The van der Waals surface area contributed by atoms with E-state index < -0.39 is 0 Å². The van der Waals surface area contributed by atoms with Crippen molar-refractivity contribution in [1.82, 2.24) is 9.80 Å². The summed E-state index contributed by atoms with van der Waals surface area (Å²) >= 11 is 1.75.